The van der Waals surface area contributed by atoms with Crippen molar-refractivity contribution in [3.05, 3.63) is 30.6 Å². The van der Waals surface area contributed by atoms with Crippen LogP contribution in [0, 0.1) is 11.3 Å². The molecule has 1 atom stereocenters. The van der Waals surface area contributed by atoms with E-state index < -0.39 is 0 Å². The highest BCUT2D eigenvalue weighted by Crippen LogP contribution is 2.26. The predicted octanol–water partition coefficient (Wildman–Crippen LogP) is 2.17. The summed E-state index contributed by atoms with van der Waals surface area (Å²) in [6.07, 6.45) is 3.52. The predicted molar refractivity (Wildman–Crippen MR) is 63.3 cm³/mol. The molecule has 6 heteroatoms. The van der Waals surface area contributed by atoms with Gasteiger partial charge in [0.15, 0.2) is 0 Å². The van der Waals surface area contributed by atoms with Crippen molar-refractivity contribution in [2.24, 2.45) is 0 Å². The molecule has 2 aromatic heterocycles. The standard InChI is InChI=1S/C12H9N5O/c1-8(5-13)17-7-9(6-14-17)10-3-2-4-11-12(10)16-18-15-11/h2-4,6-8H,1H3. The molecule has 3 rings (SSSR count). The Kier molecular flexibility index (Phi) is 2.31. The third-order valence-electron chi connectivity index (χ3n) is 2.78. The molecular weight excluding hydrogens is 230 g/mol. The molecule has 0 spiro atoms. The fourth-order valence-corrected chi connectivity index (χ4v) is 1.79. The molecule has 0 fully saturated rings. The maximum absolute atomic E-state index is 8.86. The van der Waals surface area contributed by atoms with Crippen molar-refractivity contribution in [1.82, 2.24) is 20.1 Å². The van der Waals surface area contributed by atoms with Gasteiger partial charge in [0.2, 0.25) is 0 Å². The average Bonchev–Trinajstić information content (AvgIpc) is 3.05. The fraction of sp³-hybridized carbons (Fsp3) is 0.167. The molecule has 0 aliphatic carbocycles. The first-order chi connectivity index (χ1) is 8.79. The van der Waals surface area contributed by atoms with Crippen LogP contribution in [0.3, 0.4) is 0 Å². The Labute approximate surface area is 102 Å². The summed E-state index contributed by atoms with van der Waals surface area (Å²) in [5, 5.41) is 20.7. The summed E-state index contributed by atoms with van der Waals surface area (Å²) in [6, 6.07) is 7.47. The summed E-state index contributed by atoms with van der Waals surface area (Å²) in [6.45, 7) is 1.79. The molecule has 0 radical (unpaired) electrons. The molecule has 3 aromatic rings. The zero-order valence-electron chi connectivity index (χ0n) is 9.61. The van der Waals surface area contributed by atoms with E-state index in [-0.39, 0.29) is 6.04 Å². The van der Waals surface area contributed by atoms with Crippen LogP contribution >= 0.6 is 0 Å². The normalized spacial score (nSPS) is 12.4. The summed E-state index contributed by atoms with van der Waals surface area (Å²) >= 11 is 0. The molecule has 6 nitrogen and oxygen atoms in total. The first-order valence-corrected chi connectivity index (χ1v) is 5.45. The number of nitrogens with zero attached hydrogens (tertiary/aromatic N) is 5. The number of benzene rings is 1. The molecule has 88 valence electrons. The van der Waals surface area contributed by atoms with Gasteiger partial charge < -0.3 is 0 Å². The molecule has 0 saturated carbocycles. The molecule has 0 bridgehead atoms. The minimum atomic E-state index is -0.298. The lowest BCUT2D eigenvalue weighted by Crippen LogP contribution is -2.01. The van der Waals surface area contributed by atoms with Crippen LogP contribution in [0.2, 0.25) is 0 Å². The van der Waals surface area contributed by atoms with Crippen LogP contribution in [0.25, 0.3) is 22.2 Å². The van der Waals surface area contributed by atoms with Gasteiger partial charge in [-0.1, -0.05) is 12.1 Å². The minimum absolute atomic E-state index is 0.298. The van der Waals surface area contributed by atoms with Gasteiger partial charge in [0.25, 0.3) is 0 Å². The number of rotatable bonds is 2. The Morgan fingerprint density at radius 2 is 2.28 bits per heavy atom. The van der Waals surface area contributed by atoms with Crippen molar-refractivity contribution < 1.29 is 4.63 Å². The minimum Gasteiger partial charge on any atom is -0.255 e. The number of aromatic nitrogens is 4. The fourth-order valence-electron chi connectivity index (χ4n) is 1.79. The van der Waals surface area contributed by atoms with E-state index in [1.807, 2.05) is 24.4 Å². The average molecular weight is 239 g/mol. The summed E-state index contributed by atoms with van der Waals surface area (Å²) in [5.74, 6) is 0. The molecule has 0 aliphatic heterocycles. The molecule has 0 aliphatic rings. The van der Waals surface area contributed by atoms with Gasteiger partial charge in [-0.25, -0.2) is 4.63 Å². The second-order valence-electron chi connectivity index (χ2n) is 3.95. The van der Waals surface area contributed by atoms with E-state index in [9.17, 15) is 0 Å². The number of fused-ring (bicyclic) bond motifs is 1. The van der Waals surface area contributed by atoms with Crippen LogP contribution in [0.4, 0.5) is 0 Å². The van der Waals surface area contributed by atoms with Crippen molar-refractivity contribution >= 4 is 11.0 Å². The monoisotopic (exact) mass is 239 g/mol. The molecule has 18 heavy (non-hydrogen) atoms. The van der Waals surface area contributed by atoms with Crippen molar-refractivity contribution in [3.63, 3.8) is 0 Å². The van der Waals surface area contributed by atoms with Crippen molar-refractivity contribution in [1.29, 1.82) is 5.26 Å². The lowest BCUT2D eigenvalue weighted by molar-refractivity contribution is 0.315. The van der Waals surface area contributed by atoms with Gasteiger partial charge in [0.1, 0.15) is 17.1 Å². The van der Waals surface area contributed by atoms with E-state index in [1.165, 1.54) is 0 Å². The highest BCUT2D eigenvalue weighted by atomic mass is 16.6. The number of nitriles is 1. The Hall–Kier alpha value is -2.68. The molecule has 1 aromatic carbocycles. The van der Waals surface area contributed by atoms with Gasteiger partial charge in [0.05, 0.1) is 12.3 Å². The van der Waals surface area contributed by atoms with Gasteiger partial charge in [-0.2, -0.15) is 10.4 Å². The van der Waals surface area contributed by atoms with E-state index in [4.69, 9.17) is 9.89 Å². The van der Waals surface area contributed by atoms with Crippen LogP contribution in [-0.2, 0) is 0 Å². The Bertz CT molecular complexity index is 736. The third kappa shape index (κ3) is 1.53. The van der Waals surface area contributed by atoms with Gasteiger partial charge in [-0.05, 0) is 23.3 Å². The smallest absolute Gasteiger partial charge is 0.143 e. The SMILES string of the molecule is CC(C#N)n1cc(-c2cccc3nonc23)cn1. The molecule has 0 N–H and O–H groups in total. The van der Waals surface area contributed by atoms with Crippen molar-refractivity contribution in [2.75, 3.05) is 0 Å². The quantitative estimate of drug-likeness (QED) is 0.684. The molecule has 2 heterocycles. The van der Waals surface area contributed by atoms with Crippen LogP contribution in [-0.4, -0.2) is 20.1 Å². The van der Waals surface area contributed by atoms with Crippen LogP contribution in [0.15, 0.2) is 35.2 Å². The highest BCUT2D eigenvalue weighted by molar-refractivity contribution is 5.90. The summed E-state index contributed by atoms with van der Waals surface area (Å²) < 4.78 is 6.34. The lowest BCUT2D eigenvalue weighted by atomic mass is 10.1. The lowest BCUT2D eigenvalue weighted by Gasteiger charge is -2.00. The van der Waals surface area contributed by atoms with E-state index in [0.29, 0.717) is 11.0 Å². The first-order valence-electron chi connectivity index (χ1n) is 5.45. The van der Waals surface area contributed by atoms with Crippen molar-refractivity contribution in [3.8, 4) is 17.2 Å². The van der Waals surface area contributed by atoms with E-state index in [0.717, 1.165) is 11.1 Å². The third-order valence-corrected chi connectivity index (χ3v) is 2.78. The van der Waals surface area contributed by atoms with E-state index >= 15 is 0 Å². The molecule has 1 unspecified atom stereocenters. The van der Waals surface area contributed by atoms with Gasteiger partial charge in [0, 0.05) is 17.3 Å². The Morgan fingerprint density at radius 3 is 3.11 bits per heavy atom. The van der Waals surface area contributed by atoms with Gasteiger partial charge in [-0.3, -0.25) is 4.68 Å². The number of hydrogen-bond acceptors (Lipinski definition) is 5. The Balaban J connectivity index is 2.12. The second-order valence-corrected chi connectivity index (χ2v) is 3.95. The molecule has 0 amide bonds. The summed E-state index contributed by atoms with van der Waals surface area (Å²) in [4.78, 5) is 0. The first kappa shape index (κ1) is 10.5. The topological polar surface area (TPSA) is 80.5 Å². The Morgan fingerprint density at radius 1 is 1.39 bits per heavy atom. The maximum atomic E-state index is 8.86. The summed E-state index contributed by atoms with van der Waals surface area (Å²) in [7, 11) is 0. The maximum Gasteiger partial charge on any atom is 0.143 e. The van der Waals surface area contributed by atoms with Crippen LogP contribution < -0.4 is 0 Å². The number of hydrogen-bond donors (Lipinski definition) is 0. The van der Waals surface area contributed by atoms with Crippen LogP contribution in [0.5, 0.6) is 0 Å². The zero-order chi connectivity index (χ0) is 12.5. The highest BCUT2D eigenvalue weighted by Gasteiger charge is 2.11. The van der Waals surface area contributed by atoms with Gasteiger partial charge >= 0.3 is 0 Å². The van der Waals surface area contributed by atoms with Crippen LogP contribution in [0.1, 0.15) is 13.0 Å². The second kappa shape index (κ2) is 3.96. The summed E-state index contributed by atoms with van der Waals surface area (Å²) in [5.41, 5.74) is 3.18. The van der Waals surface area contributed by atoms with E-state index in [2.05, 4.69) is 21.5 Å². The van der Waals surface area contributed by atoms with Gasteiger partial charge in [-0.15, -0.1) is 0 Å². The molecular formula is C12H9N5O. The van der Waals surface area contributed by atoms with E-state index in [1.54, 1.807) is 17.8 Å². The largest absolute Gasteiger partial charge is 0.255 e. The van der Waals surface area contributed by atoms with Crippen molar-refractivity contribution in [2.45, 2.75) is 13.0 Å². The molecule has 0 saturated heterocycles. The zero-order valence-corrected chi connectivity index (χ0v) is 9.61.